The average Bonchev–Trinajstić information content (AvgIpc) is 2.18. The van der Waals surface area contributed by atoms with Crippen molar-refractivity contribution in [1.82, 2.24) is 4.98 Å². The monoisotopic (exact) mass is 301 g/mol. The summed E-state index contributed by atoms with van der Waals surface area (Å²) in [6, 6.07) is 8.40. The Balaban J connectivity index is 2.74. The average molecular weight is 301 g/mol. The van der Waals surface area contributed by atoms with Crippen LogP contribution in [0.25, 0.3) is 10.9 Å². The van der Waals surface area contributed by atoms with Crippen LogP contribution in [0.2, 0.25) is 0 Å². The lowest BCUT2D eigenvalue weighted by atomic mass is 10.2. The predicted octanol–water partition coefficient (Wildman–Crippen LogP) is 3.56. The zero-order valence-corrected chi connectivity index (χ0v) is 10.1. The quantitative estimate of drug-likeness (QED) is 0.590. The molecule has 0 aliphatic carbocycles. The number of rotatable bonds is 1. The molecule has 0 aliphatic heterocycles. The van der Waals surface area contributed by atoms with Gasteiger partial charge in [-0.25, -0.2) is 0 Å². The highest BCUT2D eigenvalue weighted by atomic mass is 127. The molecule has 0 radical (unpaired) electrons. The molecule has 66 valence electrons. The van der Waals surface area contributed by atoms with Gasteiger partial charge in [-0.05, 0) is 53.1 Å². The molecule has 0 fully saturated rings. The first-order valence-electron chi connectivity index (χ1n) is 3.89. The zero-order valence-electron chi connectivity index (χ0n) is 7.12. The van der Waals surface area contributed by atoms with Crippen LogP contribution in [0, 0.1) is 3.57 Å². The Kier molecular flexibility index (Phi) is 2.74. The molecule has 13 heavy (non-hydrogen) atoms. The molecule has 0 unspecified atom stereocenters. The van der Waals surface area contributed by atoms with Gasteiger partial charge in [0, 0.05) is 20.0 Å². The van der Waals surface area contributed by atoms with Gasteiger partial charge in [-0.15, -0.1) is 11.8 Å². The number of pyridine rings is 1. The lowest BCUT2D eigenvalue weighted by molar-refractivity contribution is 1.38. The Morgan fingerprint density at radius 3 is 2.92 bits per heavy atom. The number of thioether (sulfide) groups is 1. The minimum absolute atomic E-state index is 1.07. The number of benzene rings is 1. The lowest BCUT2D eigenvalue weighted by Crippen LogP contribution is -1.82. The molecule has 0 saturated heterocycles. The maximum atomic E-state index is 4.30. The van der Waals surface area contributed by atoms with E-state index < -0.39 is 0 Å². The van der Waals surface area contributed by atoms with Crippen molar-refractivity contribution < 1.29 is 0 Å². The topological polar surface area (TPSA) is 12.9 Å². The van der Waals surface area contributed by atoms with Crippen LogP contribution in [0.3, 0.4) is 0 Å². The van der Waals surface area contributed by atoms with E-state index in [1.807, 2.05) is 12.3 Å². The van der Waals surface area contributed by atoms with E-state index in [1.165, 1.54) is 13.9 Å². The summed E-state index contributed by atoms with van der Waals surface area (Å²) in [6.45, 7) is 0. The third kappa shape index (κ3) is 1.81. The standard InChI is InChI=1S/C10H8INS/c1-13-7-2-3-10-8(6-7)9(11)4-5-12-10/h2-6H,1H3. The largest absolute Gasteiger partial charge is 0.256 e. The van der Waals surface area contributed by atoms with Crippen LogP contribution in [0.15, 0.2) is 35.4 Å². The number of nitrogens with zero attached hydrogens (tertiary/aromatic N) is 1. The van der Waals surface area contributed by atoms with E-state index in [1.54, 1.807) is 11.8 Å². The summed E-state index contributed by atoms with van der Waals surface area (Å²) in [5.74, 6) is 0. The van der Waals surface area contributed by atoms with Crippen molar-refractivity contribution in [1.29, 1.82) is 0 Å². The van der Waals surface area contributed by atoms with Crippen LogP contribution >= 0.6 is 34.4 Å². The Hall–Kier alpha value is -0.290. The third-order valence-corrected chi connectivity index (χ3v) is 3.56. The molecule has 3 heteroatoms. The van der Waals surface area contributed by atoms with Crippen LogP contribution in [0.1, 0.15) is 0 Å². The number of fused-ring (bicyclic) bond motifs is 1. The Labute approximate surface area is 95.1 Å². The van der Waals surface area contributed by atoms with Gasteiger partial charge in [0.05, 0.1) is 5.52 Å². The van der Waals surface area contributed by atoms with Crippen molar-refractivity contribution in [2.24, 2.45) is 0 Å². The maximum Gasteiger partial charge on any atom is 0.0713 e. The first kappa shape index (κ1) is 9.27. The lowest BCUT2D eigenvalue weighted by Gasteiger charge is -2.01. The van der Waals surface area contributed by atoms with Crippen molar-refractivity contribution in [3.05, 3.63) is 34.0 Å². The van der Waals surface area contributed by atoms with Crippen molar-refractivity contribution in [2.75, 3.05) is 6.26 Å². The second-order valence-corrected chi connectivity index (χ2v) is 4.72. The van der Waals surface area contributed by atoms with Crippen molar-refractivity contribution in [3.8, 4) is 0 Å². The van der Waals surface area contributed by atoms with E-state index in [4.69, 9.17) is 0 Å². The minimum Gasteiger partial charge on any atom is -0.256 e. The highest BCUT2D eigenvalue weighted by Gasteiger charge is 1.99. The highest BCUT2D eigenvalue weighted by Crippen LogP contribution is 2.23. The molecule has 2 aromatic rings. The molecule has 1 heterocycles. The van der Waals surface area contributed by atoms with E-state index in [0.29, 0.717) is 0 Å². The summed E-state index contributed by atoms with van der Waals surface area (Å²) in [5.41, 5.74) is 1.07. The Morgan fingerprint density at radius 2 is 2.15 bits per heavy atom. The summed E-state index contributed by atoms with van der Waals surface area (Å²) < 4.78 is 1.26. The van der Waals surface area contributed by atoms with Gasteiger partial charge in [0.2, 0.25) is 0 Å². The van der Waals surface area contributed by atoms with Gasteiger partial charge >= 0.3 is 0 Å². The molecule has 1 nitrogen and oxygen atoms in total. The maximum absolute atomic E-state index is 4.30. The van der Waals surface area contributed by atoms with Gasteiger partial charge in [-0.2, -0.15) is 0 Å². The third-order valence-electron chi connectivity index (χ3n) is 1.90. The number of hydrogen-bond donors (Lipinski definition) is 0. The molecule has 0 atom stereocenters. The molecule has 0 bridgehead atoms. The molecule has 1 aromatic heterocycles. The Morgan fingerprint density at radius 1 is 1.31 bits per heavy atom. The van der Waals surface area contributed by atoms with Crippen LogP contribution in [0.4, 0.5) is 0 Å². The molecular weight excluding hydrogens is 293 g/mol. The van der Waals surface area contributed by atoms with Gasteiger partial charge in [0.25, 0.3) is 0 Å². The molecule has 0 saturated carbocycles. The normalized spacial score (nSPS) is 10.6. The van der Waals surface area contributed by atoms with E-state index >= 15 is 0 Å². The van der Waals surface area contributed by atoms with Crippen molar-refractivity contribution >= 4 is 45.3 Å². The highest BCUT2D eigenvalue weighted by molar-refractivity contribution is 14.1. The van der Waals surface area contributed by atoms with Gasteiger partial charge in [0.15, 0.2) is 0 Å². The fourth-order valence-corrected chi connectivity index (χ4v) is 2.25. The summed E-state index contributed by atoms with van der Waals surface area (Å²) in [6.07, 6.45) is 3.94. The van der Waals surface area contributed by atoms with Crippen LogP contribution in [0.5, 0.6) is 0 Å². The van der Waals surface area contributed by atoms with Crippen LogP contribution in [-0.4, -0.2) is 11.2 Å². The first-order valence-corrected chi connectivity index (χ1v) is 6.20. The van der Waals surface area contributed by atoms with E-state index in [2.05, 4.69) is 52.0 Å². The number of hydrogen-bond acceptors (Lipinski definition) is 2. The molecule has 0 spiro atoms. The minimum atomic E-state index is 1.07. The van der Waals surface area contributed by atoms with Crippen molar-refractivity contribution in [3.63, 3.8) is 0 Å². The fourth-order valence-electron chi connectivity index (χ4n) is 1.22. The number of aromatic nitrogens is 1. The Bertz CT molecular complexity index is 442. The van der Waals surface area contributed by atoms with E-state index in [0.717, 1.165) is 5.52 Å². The summed E-state index contributed by atoms with van der Waals surface area (Å²) in [7, 11) is 0. The van der Waals surface area contributed by atoms with Crippen LogP contribution in [-0.2, 0) is 0 Å². The fraction of sp³-hybridized carbons (Fsp3) is 0.100. The molecule has 2 rings (SSSR count). The van der Waals surface area contributed by atoms with Crippen molar-refractivity contribution in [2.45, 2.75) is 4.90 Å². The molecule has 1 aromatic carbocycles. The van der Waals surface area contributed by atoms with Gasteiger partial charge < -0.3 is 0 Å². The predicted molar refractivity (Wildman–Crippen MR) is 66.2 cm³/mol. The molecular formula is C10H8INS. The first-order chi connectivity index (χ1) is 6.31. The van der Waals surface area contributed by atoms with E-state index in [-0.39, 0.29) is 0 Å². The summed E-state index contributed by atoms with van der Waals surface area (Å²) in [4.78, 5) is 5.59. The van der Waals surface area contributed by atoms with Crippen LogP contribution < -0.4 is 0 Å². The second-order valence-electron chi connectivity index (χ2n) is 2.68. The molecule has 0 amide bonds. The molecule has 0 aliphatic rings. The summed E-state index contributed by atoms with van der Waals surface area (Å²) in [5, 5.41) is 1.25. The smallest absolute Gasteiger partial charge is 0.0713 e. The van der Waals surface area contributed by atoms with E-state index in [9.17, 15) is 0 Å². The zero-order chi connectivity index (χ0) is 9.26. The van der Waals surface area contributed by atoms with Gasteiger partial charge in [-0.3, -0.25) is 4.98 Å². The number of halogens is 1. The SMILES string of the molecule is CSc1ccc2nccc(I)c2c1. The second kappa shape index (κ2) is 3.84. The van der Waals surface area contributed by atoms with Gasteiger partial charge in [0.1, 0.15) is 0 Å². The molecule has 0 N–H and O–H groups in total. The van der Waals surface area contributed by atoms with Gasteiger partial charge in [-0.1, -0.05) is 0 Å². The summed E-state index contributed by atoms with van der Waals surface area (Å²) >= 11 is 4.10.